The quantitative estimate of drug-likeness (QED) is 0.457. The summed E-state index contributed by atoms with van der Waals surface area (Å²) < 4.78 is 11.5. The number of nitrogens with zero attached hydrogens (tertiary/aromatic N) is 2. The number of methoxy groups -OCH3 is 2. The number of amides is 1. The van der Waals surface area contributed by atoms with Crippen LogP contribution in [0, 0.1) is 17.8 Å². The third-order valence-corrected chi connectivity index (χ3v) is 8.55. The summed E-state index contributed by atoms with van der Waals surface area (Å²) in [6, 6.07) is 14.2. The SMILES string of the molecule is COC(=O)c1cc(NC(=O)c2cn(-c3ccccc3)nc2C23CC4CC(CC(C4)C2)C3)cc(C(=O)OC)c1. The van der Waals surface area contributed by atoms with Gasteiger partial charge >= 0.3 is 11.9 Å². The van der Waals surface area contributed by atoms with E-state index in [0.29, 0.717) is 29.0 Å². The van der Waals surface area contributed by atoms with Crippen LogP contribution in [0.5, 0.6) is 0 Å². The lowest BCUT2D eigenvalue weighted by Gasteiger charge is -2.56. The van der Waals surface area contributed by atoms with Crippen LogP contribution in [0.25, 0.3) is 5.69 Å². The van der Waals surface area contributed by atoms with Crippen LogP contribution in [0.2, 0.25) is 0 Å². The van der Waals surface area contributed by atoms with E-state index in [1.165, 1.54) is 51.7 Å². The second-order valence-corrected chi connectivity index (χ2v) is 11.1. The number of hydrogen-bond donors (Lipinski definition) is 1. The van der Waals surface area contributed by atoms with Gasteiger partial charge in [-0.3, -0.25) is 4.79 Å². The zero-order valence-electron chi connectivity index (χ0n) is 21.6. The molecule has 4 aliphatic rings. The predicted octanol–water partition coefficient (Wildman–Crippen LogP) is 5.17. The van der Waals surface area contributed by atoms with Crippen molar-refractivity contribution < 1.29 is 23.9 Å². The van der Waals surface area contributed by atoms with E-state index in [1.54, 1.807) is 4.68 Å². The van der Waals surface area contributed by atoms with Gasteiger partial charge in [-0.15, -0.1) is 0 Å². The molecule has 4 fully saturated rings. The summed E-state index contributed by atoms with van der Waals surface area (Å²) >= 11 is 0. The highest BCUT2D eigenvalue weighted by Crippen LogP contribution is 2.61. The molecular weight excluding hydrogens is 482 g/mol. The van der Waals surface area contributed by atoms with Gasteiger partial charge in [-0.1, -0.05) is 18.2 Å². The average molecular weight is 514 g/mol. The zero-order chi connectivity index (χ0) is 26.4. The largest absolute Gasteiger partial charge is 0.465 e. The maximum atomic E-state index is 13.9. The fraction of sp³-hybridized carbons (Fsp3) is 0.400. The normalized spacial score (nSPS) is 25.2. The van der Waals surface area contributed by atoms with Gasteiger partial charge in [-0.05, 0) is 86.6 Å². The lowest BCUT2D eigenvalue weighted by molar-refractivity contribution is -0.00765. The standard InChI is InChI=1S/C30H31N3O5/c1-37-28(35)21-11-22(29(36)38-2)13-23(12-21)31-27(34)25-17-33(24-6-4-3-5-7-24)32-26(25)30-14-18-8-19(15-30)10-20(9-18)16-30/h3-7,11-13,17-20H,8-10,14-16H2,1-2H3,(H,31,34). The molecule has 0 saturated heterocycles. The van der Waals surface area contributed by atoms with E-state index in [-0.39, 0.29) is 22.4 Å². The van der Waals surface area contributed by atoms with Crippen LogP contribution in [-0.4, -0.2) is 41.8 Å². The summed E-state index contributed by atoms with van der Waals surface area (Å²) in [6.07, 6.45) is 8.87. The molecule has 8 heteroatoms. The molecule has 0 unspecified atom stereocenters. The molecule has 2 aromatic carbocycles. The number of benzene rings is 2. The van der Waals surface area contributed by atoms with Crippen molar-refractivity contribution in [1.29, 1.82) is 0 Å². The van der Waals surface area contributed by atoms with Crippen molar-refractivity contribution in [2.45, 2.75) is 43.9 Å². The summed E-state index contributed by atoms with van der Waals surface area (Å²) in [4.78, 5) is 38.4. The first-order valence-corrected chi connectivity index (χ1v) is 13.2. The van der Waals surface area contributed by atoms with Crippen LogP contribution in [0.3, 0.4) is 0 Å². The Kier molecular flexibility index (Phi) is 6.05. The minimum atomic E-state index is -0.614. The van der Waals surface area contributed by atoms with E-state index < -0.39 is 11.9 Å². The van der Waals surface area contributed by atoms with E-state index in [9.17, 15) is 14.4 Å². The van der Waals surface area contributed by atoms with Gasteiger partial charge < -0.3 is 14.8 Å². The Morgan fingerprint density at radius 1 is 0.868 bits per heavy atom. The molecule has 0 radical (unpaired) electrons. The maximum Gasteiger partial charge on any atom is 0.337 e. The average Bonchev–Trinajstić information content (AvgIpc) is 3.39. The van der Waals surface area contributed by atoms with E-state index in [4.69, 9.17) is 14.6 Å². The van der Waals surface area contributed by atoms with Gasteiger partial charge in [0.25, 0.3) is 5.91 Å². The Labute approximate surface area is 221 Å². The van der Waals surface area contributed by atoms with Crippen LogP contribution < -0.4 is 5.32 Å². The zero-order valence-corrected chi connectivity index (χ0v) is 21.6. The van der Waals surface area contributed by atoms with Gasteiger partial charge in [-0.2, -0.15) is 5.10 Å². The number of carbonyl (C=O) groups excluding carboxylic acids is 3. The highest BCUT2D eigenvalue weighted by atomic mass is 16.5. The number of carbonyl (C=O) groups is 3. The van der Waals surface area contributed by atoms with Crippen LogP contribution in [0.15, 0.2) is 54.7 Å². The fourth-order valence-corrected chi connectivity index (χ4v) is 7.42. The van der Waals surface area contributed by atoms with Gasteiger partial charge in [0, 0.05) is 17.3 Å². The van der Waals surface area contributed by atoms with Crippen molar-refractivity contribution in [3.63, 3.8) is 0 Å². The molecular formula is C30H31N3O5. The number of rotatable bonds is 6. The van der Waals surface area contributed by atoms with E-state index in [2.05, 4.69) is 5.32 Å². The Hall–Kier alpha value is -3.94. The molecule has 4 aliphatic carbocycles. The van der Waals surface area contributed by atoms with Gasteiger partial charge in [0.2, 0.25) is 0 Å². The fourth-order valence-electron chi connectivity index (χ4n) is 7.42. The first-order chi connectivity index (χ1) is 18.4. The lowest BCUT2D eigenvalue weighted by atomic mass is 9.48. The summed E-state index contributed by atoms with van der Waals surface area (Å²) in [5, 5.41) is 7.99. The molecule has 1 heterocycles. The monoisotopic (exact) mass is 513 g/mol. The molecule has 1 amide bonds. The van der Waals surface area contributed by atoms with Crippen molar-refractivity contribution in [1.82, 2.24) is 9.78 Å². The number of nitrogens with one attached hydrogen (secondary N) is 1. The number of aromatic nitrogens is 2. The summed E-state index contributed by atoms with van der Waals surface area (Å²) in [6.45, 7) is 0. The molecule has 7 rings (SSSR count). The highest BCUT2D eigenvalue weighted by Gasteiger charge is 2.54. The Bertz CT molecular complexity index is 1340. The first kappa shape index (κ1) is 24.4. The van der Waals surface area contributed by atoms with Crippen molar-refractivity contribution in [3.8, 4) is 5.69 Å². The molecule has 38 heavy (non-hydrogen) atoms. The molecule has 0 atom stereocenters. The van der Waals surface area contributed by atoms with Gasteiger partial charge in [0.15, 0.2) is 0 Å². The third kappa shape index (κ3) is 4.27. The molecule has 1 N–H and O–H groups in total. The second-order valence-electron chi connectivity index (χ2n) is 11.1. The van der Waals surface area contributed by atoms with Gasteiger partial charge in [0.05, 0.1) is 42.3 Å². The number of hydrogen-bond acceptors (Lipinski definition) is 6. The molecule has 8 nitrogen and oxygen atoms in total. The predicted molar refractivity (Wildman–Crippen MR) is 140 cm³/mol. The number of esters is 2. The van der Waals surface area contributed by atoms with Gasteiger partial charge in [0.1, 0.15) is 0 Å². The first-order valence-electron chi connectivity index (χ1n) is 13.2. The van der Waals surface area contributed by atoms with E-state index in [0.717, 1.165) is 30.6 Å². The Morgan fingerprint density at radius 2 is 1.42 bits per heavy atom. The van der Waals surface area contributed by atoms with E-state index in [1.807, 2.05) is 36.5 Å². The van der Waals surface area contributed by atoms with Gasteiger partial charge in [-0.25, -0.2) is 14.3 Å². The second kappa shape index (κ2) is 9.42. The third-order valence-electron chi connectivity index (χ3n) is 8.55. The topological polar surface area (TPSA) is 99.5 Å². The molecule has 196 valence electrons. The van der Waals surface area contributed by atoms with E-state index >= 15 is 0 Å². The lowest BCUT2D eigenvalue weighted by Crippen LogP contribution is -2.49. The van der Waals surface area contributed by atoms with Crippen LogP contribution in [-0.2, 0) is 14.9 Å². The smallest absolute Gasteiger partial charge is 0.337 e. The molecule has 3 aromatic rings. The molecule has 4 bridgehead atoms. The number of anilines is 1. The molecule has 1 aromatic heterocycles. The minimum absolute atomic E-state index is 0.105. The summed E-state index contributed by atoms with van der Waals surface area (Å²) in [5.74, 6) is 0.528. The van der Waals surface area contributed by atoms with Crippen molar-refractivity contribution in [3.05, 3.63) is 77.1 Å². The summed E-state index contributed by atoms with van der Waals surface area (Å²) in [7, 11) is 2.53. The molecule has 0 spiro atoms. The molecule has 4 saturated carbocycles. The van der Waals surface area contributed by atoms with Crippen LogP contribution >= 0.6 is 0 Å². The van der Waals surface area contributed by atoms with Crippen LogP contribution in [0.4, 0.5) is 5.69 Å². The molecule has 0 aliphatic heterocycles. The van der Waals surface area contributed by atoms with Crippen LogP contribution in [0.1, 0.15) is 75.3 Å². The number of para-hydroxylation sites is 1. The van der Waals surface area contributed by atoms with Crippen molar-refractivity contribution in [2.24, 2.45) is 17.8 Å². The number of ether oxygens (including phenoxy) is 2. The maximum absolute atomic E-state index is 13.9. The Balaban J connectivity index is 1.40. The minimum Gasteiger partial charge on any atom is -0.465 e. The van der Waals surface area contributed by atoms with Crippen molar-refractivity contribution >= 4 is 23.5 Å². The van der Waals surface area contributed by atoms with Crippen molar-refractivity contribution in [2.75, 3.05) is 19.5 Å². The highest BCUT2D eigenvalue weighted by molar-refractivity contribution is 6.07. The summed E-state index contributed by atoms with van der Waals surface area (Å²) in [5.41, 5.74) is 2.76. The Morgan fingerprint density at radius 3 is 1.95 bits per heavy atom.